The molecule has 2 aromatic rings. The van der Waals surface area contributed by atoms with Gasteiger partial charge in [0, 0.05) is 32.0 Å². The summed E-state index contributed by atoms with van der Waals surface area (Å²) in [5.41, 5.74) is 3.01. The van der Waals surface area contributed by atoms with Gasteiger partial charge in [0.25, 0.3) is 0 Å². The average Bonchev–Trinajstić information content (AvgIpc) is 2.71. The predicted octanol–water partition coefficient (Wildman–Crippen LogP) is 3.01. The van der Waals surface area contributed by atoms with Gasteiger partial charge in [0.2, 0.25) is 11.8 Å². The average molecular weight is 368 g/mol. The van der Waals surface area contributed by atoms with Crippen LogP contribution >= 0.6 is 0 Å². The Morgan fingerprint density at radius 2 is 1.81 bits per heavy atom. The van der Waals surface area contributed by atoms with Crippen molar-refractivity contribution in [2.75, 3.05) is 26.1 Å². The van der Waals surface area contributed by atoms with Crippen molar-refractivity contribution in [3.05, 3.63) is 53.6 Å². The van der Waals surface area contributed by atoms with Gasteiger partial charge < -0.3 is 19.7 Å². The SMILES string of the molecule is COc1ccc(OC)c(NC(=O)CCC(=O)N2CCc3ccccc3C2)c1. The summed E-state index contributed by atoms with van der Waals surface area (Å²) in [5.74, 6) is 0.932. The van der Waals surface area contributed by atoms with Crippen molar-refractivity contribution in [1.29, 1.82) is 0 Å². The molecule has 0 atom stereocenters. The first-order valence-electron chi connectivity index (χ1n) is 8.97. The minimum Gasteiger partial charge on any atom is -0.497 e. The summed E-state index contributed by atoms with van der Waals surface area (Å²) < 4.78 is 10.4. The molecule has 1 heterocycles. The van der Waals surface area contributed by atoms with Gasteiger partial charge in [-0.1, -0.05) is 24.3 Å². The second-order valence-corrected chi connectivity index (χ2v) is 6.45. The Labute approximate surface area is 159 Å². The number of carbonyl (C=O) groups is 2. The van der Waals surface area contributed by atoms with Crippen LogP contribution in [0.1, 0.15) is 24.0 Å². The molecule has 0 unspecified atom stereocenters. The summed E-state index contributed by atoms with van der Waals surface area (Å²) in [6.07, 6.45) is 1.16. The highest BCUT2D eigenvalue weighted by atomic mass is 16.5. The molecule has 0 bridgehead atoms. The lowest BCUT2D eigenvalue weighted by Gasteiger charge is -2.28. The van der Waals surface area contributed by atoms with Crippen molar-refractivity contribution in [3.8, 4) is 11.5 Å². The smallest absolute Gasteiger partial charge is 0.224 e. The number of nitrogens with zero attached hydrogens (tertiary/aromatic N) is 1. The van der Waals surface area contributed by atoms with Gasteiger partial charge in [-0.05, 0) is 29.7 Å². The van der Waals surface area contributed by atoms with Crippen LogP contribution in [0.5, 0.6) is 11.5 Å². The Balaban J connectivity index is 1.54. The van der Waals surface area contributed by atoms with E-state index in [9.17, 15) is 9.59 Å². The number of methoxy groups -OCH3 is 2. The molecule has 1 aliphatic heterocycles. The van der Waals surface area contributed by atoms with Crippen molar-refractivity contribution in [1.82, 2.24) is 4.90 Å². The first kappa shape index (κ1) is 18.8. The van der Waals surface area contributed by atoms with Crippen molar-refractivity contribution >= 4 is 17.5 Å². The summed E-state index contributed by atoms with van der Waals surface area (Å²) in [7, 11) is 3.10. The van der Waals surface area contributed by atoms with E-state index in [0.717, 1.165) is 6.42 Å². The number of rotatable bonds is 6. The number of benzene rings is 2. The molecule has 0 aliphatic carbocycles. The Morgan fingerprint density at radius 3 is 2.56 bits per heavy atom. The zero-order chi connectivity index (χ0) is 19.2. The molecule has 6 heteroatoms. The van der Waals surface area contributed by atoms with Crippen LogP contribution in [0.15, 0.2) is 42.5 Å². The number of ether oxygens (including phenoxy) is 2. The summed E-state index contributed by atoms with van der Waals surface area (Å²) in [5, 5.41) is 2.80. The van der Waals surface area contributed by atoms with Crippen molar-refractivity contribution < 1.29 is 19.1 Å². The second kappa shape index (κ2) is 8.58. The maximum absolute atomic E-state index is 12.5. The molecule has 0 spiro atoms. The van der Waals surface area contributed by atoms with E-state index >= 15 is 0 Å². The predicted molar refractivity (Wildman–Crippen MR) is 103 cm³/mol. The van der Waals surface area contributed by atoms with E-state index in [1.54, 1.807) is 25.3 Å². The summed E-state index contributed by atoms with van der Waals surface area (Å²) in [4.78, 5) is 26.6. The van der Waals surface area contributed by atoms with Crippen LogP contribution in [0, 0.1) is 0 Å². The molecule has 2 amide bonds. The summed E-state index contributed by atoms with van der Waals surface area (Å²) >= 11 is 0. The van der Waals surface area contributed by atoms with Crippen LogP contribution in [-0.4, -0.2) is 37.5 Å². The van der Waals surface area contributed by atoms with E-state index in [1.807, 2.05) is 17.0 Å². The normalized spacial score (nSPS) is 12.9. The topological polar surface area (TPSA) is 67.9 Å². The lowest BCUT2D eigenvalue weighted by Crippen LogP contribution is -2.36. The molecular formula is C21H24N2O4. The molecule has 1 aliphatic rings. The van der Waals surface area contributed by atoms with Crippen LogP contribution in [-0.2, 0) is 22.6 Å². The third-order valence-electron chi connectivity index (χ3n) is 4.73. The zero-order valence-corrected chi connectivity index (χ0v) is 15.7. The fraction of sp³-hybridized carbons (Fsp3) is 0.333. The maximum atomic E-state index is 12.5. The van der Waals surface area contributed by atoms with E-state index in [2.05, 4.69) is 17.4 Å². The highest BCUT2D eigenvalue weighted by Crippen LogP contribution is 2.29. The van der Waals surface area contributed by atoms with E-state index < -0.39 is 0 Å². The third-order valence-corrected chi connectivity index (χ3v) is 4.73. The van der Waals surface area contributed by atoms with Gasteiger partial charge in [-0.3, -0.25) is 9.59 Å². The van der Waals surface area contributed by atoms with Crippen LogP contribution in [0.25, 0.3) is 0 Å². The molecule has 0 radical (unpaired) electrons. The van der Waals surface area contributed by atoms with Crippen molar-refractivity contribution in [2.24, 2.45) is 0 Å². The molecule has 0 saturated heterocycles. The Bertz CT molecular complexity index is 835. The zero-order valence-electron chi connectivity index (χ0n) is 15.7. The second-order valence-electron chi connectivity index (χ2n) is 6.45. The Kier molecular flexibility index (Phi) is 5.96. The molecule has 2 aromatic carbocycles. The number of amides is 2. The number of nitrogens with one attached hydrogen (secondary N) is 1. The first-order chi connectivity index (χ1) is 13.1. The molecule has 1 N–H and O–H groups in total. The highest BCUT2D eigenvalue weighted by molar-refractivity contribution is 5.94. The molecule has 27 heavy (non-hydrogen) atoms. The van der Waals surface area contributed by atoms with Crippen molar-refractivity contribution in [2.45, 2.75) is 25.8 Å². The Morgan fingerprint density at radius 1 is 1.04 bits per heavy atom. The maximum Gasteiger partial charge on any atom is 0.224 e. The van der Waals surface area contributed by atoms with Gasteiger partial charge in [-0.2, -0.15) is 0 Å². The van der Waals surface area contributed by atoms with Gasteiger partial charge in [-0.15, -0.1) is 0 Å². The monoisotopic (exact) mass is 368 g/mol. The fourth-order valence-electron chi connectivity index (χ4n) is 3.21. The van der Waals surface area contributed by atoms with E-state index in [1.165, 1.54) is 18.2 Å². The quantitative estimate of drug-likeness (QED) is 0.851. The van der Waals surface area contributed by atoms with E-state index in [-0.39, 0.29) is 24.7 Å². The number of fused-ring (bicyclic) bond motifs is 1. The molecule has 0 aromatic heterocycles. The molecule has 6 nitrogen and oxygen atoms in total. The van der Waals surface area contributed by atoms with Gasteiger partial charge in [0.15, 0.2) is 0 Å². The number of hydrogen-bond acceptors (Lipinski definition) is 4. The minimum absolute atomic E-state index is 0.00254. The summed E-state index contributed by atoms with van der Waals surface area (Å²) in [6.45, 7) is 1.31. The van der Waals surface area contributed by atoms with E-state index in [4.69, 9.17) is 9.47 Å². The first-order valence-corrected chi connectivity index (χ1v) is 8.97. The lowest BCUT2D eigenvalue weighted by atomic mass is 9.99. The van der Waals surface area contributed by atoms with Crippen LogP contribution in [0.3, 0.4) is 0 Å². The van der Waals surface area contributed by atoms with E-state index in [0.29, 0.717) is 30.3 Å². The molecule has 0 saturated carbocycles. The highest BCUT2D eigenvalue weighted by Gasteiger charge is 2.21. The summed E-state index contributed by atoms with van der Waals surface area (Å²) in [6, 6.07) is 13.3. The van der Waals surface area contributed by atoms with Gasteiger partial charge in [-0.25, -0.2) is 0 Å². The van der Waals surface area contributed by atoms with Gasteiger partial charge in [0.1, 0.15) is 11.5 Å². The van der Waals surface area contributed by atoms with Crippen molar-refractivity contribution in [3.63, 3.8) is 0 Å². The molecular weight excluding hydrogens is 344 g/mol. The number of hydrogen-bond donors (Lipinski definition) is 1. The number of carbonyl (C=O) groups excluding carboxylic acids is 2. The molecule has 3 rings (SSSR count). The van der Waals surface area contributed by atoms with Crippen LogP contribution < -0.4 is 14.8 Å². The third kappa shape index (κ3) is 4.58. The molecule has 0 fully saturated rings. The number of anilines is 1. The van der Waals surface area contributed by atoms with Crippen LogP contribution in [0.4, 0.5) is 5.69 Å². The fourth-order valence-corrected chi connectivity index (χ4v) is 3.21. The minimum atomic E-state index is -0.229. The largest absolute Gasteiger partial charge is 0.497 e. The molecule has 142 valence electrons. The van der Waals surface area contributed by atoms with Gasteiger partial charge >= 0.3 is 0 Å². The van der Waals surface area contributed by atoms with Gasteiger partial charge in [0.05, 0.1) is 19.9 Å². The standard InChI is InChI=1S/C21H24N2O4/c1-26-17-7-8-19(27-2)18(13-17)22-20(24)9-10-21(25)23-12-11-15-5-3-4-6-16(15)14-23/h3-8,13H,9-12,14H2,1-2H3,(H,22,24). The van der Waals surface area contributed by atoms with Crippen LogP contribution in [0.2, 0.25) is 0 Å². The Hall–Kier alpha value is -3.02. The lowest BCUT2D eigenvalue weighted by molar-refractivity contribution is -0.133.